The van der Waals surface area contributed by atoms with E-state index < -0.39 is 17.7 Å². The molecule has 1 rings (SSSR count). The van der Waals surface area contributed by atoms with Crippen LogP contribution in [-0.4, -0.2) is 29.2 Å². The number of rotatable bonds is 1. The van der Waals surface area contributed by atoms with Crippen LogP contribution in [0.15, 0.2) is 0 Å². The molecule has 0 saturated carbocycles. The van der Waals surface area contributed by atoms with E-state index in [1.807, 2.05) is 13.8 Å². The lowest BCUT2D eigenvalue weighted by Gasteiger charge is -2.21. The van der Waals surface area contributed by atoms with E-state index in [9.17, 15) is 9.59 Å². The summed E-state index contributed by atoms with van der Waals surface area (Å²) >= 11 is 0. The summed E-state index contributed by atoms with van der Waals surface area (Å²) < 4.78 is 5.09. The molecule has 92 valence electrons. The fraction of sp³-hybridized carbons (Fsp3) is 0.818. The summed E-state index contributed by atoms with van der Waals surface area (Å²) in [5, 5.41) is 5.37. The van der Waals surface area contributed by atoms with Crippen molar-refractivity contribution < 1.29 is 14.3 Å². The van der Waals surface area contributed by atoms with E-state index in [-0.39, 0.29) is 11.4 Å². The van der Waals surface area contributed by atoms with Gasteiger partial charge in [-0.05, 0) is 41.0 Å². The van der Waals surface area contributed by atoms with Crippen molar-refractivity contribution in [3.05, 3.63) is 0 Å². The summed E-state index contributed by atoms with van der Waals surface area (Å²) in [6.45, 7) is 9.19. The molecule has 0 aliphatic carbocycles. The minimum absolute atomic E-state index is 0.157. The van der Waals surface area contributed by atoms with Crippen LogP contribution in [0.4, 0.5) is 4.79 Å². The van der Waals surface area contributed by atoms with Crippen LogP contribution in [0.5, 0.6) is 0 Å². The van der Waals surface area contributed by atoms with Gasteiger partial charge in [0.15, 0.2) is 0 Å². The van der Waals surface area contributed by atoms with Crippen LogP contribution in [0.25, 0.3) is 0 Å². The molecule has 0 bridgehead atoms. The SMILES string of the molecule is CC1(C)C[C@H](NC(=O)OC(C)(C)C)C(=O)N1. The third-order valence-corrected chi connectivity index (χ3v) is 2.18. The van der Waals surface area contributed by atoms with E-state index in [4.69, 9.17) is 4.74 Å². The van der Waals surface area contributed by atoms with Crippen molar-refractivity contribution in [1.29, 1.82) is 0 Å². The minimum Gasteiger partial charge on any atom is -0.444 e. The molecular formula is C11H20N2O3. The molecule has 1 heterocycles. The molecule has 0 aromatic rings. The summed E-state index contributed by atoms with van der Waals surface area (Å²) in [6.07, 6.45) is 0.0239. The van der Waals surface area contributed by atoms with E-state index in [2.05, 4.69) is 10.6 Å². The Morgan fingerprint density at radius 2 is 2.06 bits per heavy atom. The van der Waals surface area contributed by atoms with Gasteiger partial charge in [-0.15, -0.1) is 0 Å². The van der Waals surface area contributed by atoms with Crippen LogP contribution >= 0.6 is 0 Å². The summed E-state index contributed by atoms with van der Waals surface area (Å²) in [6, 6.07) is -0.496. The summed E-state index contributed by atoms with van der Waals surface area (Å²) in [7, 11) is 0. The van der Waals surface area contributed by atoms with E-state index in [0.717, 1.165) is 0 Å². The van der Waals surface area contributed by atoms with Crippen LogP contribution in [-0.2, 0) is 9.53 Å². The molecule has 0 spiro atoms. The highest BCUT2D eigenvalue weighted by molar-refractivity contribution is 5.88. The zero-order valence-corrected chi connectivity index (χ0v) is 10.5. The molecular weight excluding hydrogens is 208 g/mol. The molecule has 1 fully saturated rings. The first-order valence-electron chi connectivity index (χ1n) is 5.41. The third kappa shape index (κ3) is 3.72. The van der Waals surface area contributed by atoms with Gasteiger partial charge in [-0.1, -0.05) is 0 Å². The van der Waals surface area contributed by atoms with Crippen molar-refractivity contribution in [3.63, 3.8) is 0 Å². The molecule has 0 radical (unpaired) electrons. The Kier molecular flexibility index (Phi) is 3.17. The molecule has 5 heteroatoms. The monoisotopic (exact) mass is 228 g/mol. The second-order valence-corrected chi connectivity index (χ2v) is 5.78. The summed E-state index contributed by atoms with van der Waals surface area (Å²) in [5.74, 6) is -0.157. The van der Waals surface area contributed by atoms with E-state index in [1.165, 1.54) is 0 Å². The topological polar surface area (TPSA) is 67.4 Å². The smallest absolute Gasteiger partial charge is 0.408 e. The summed E-state index contributed by atoms with van der Waals surface area (Å²) in [4.78, 5) is 23.0. The third-order valence-electron chi connectivity index (χ3n) is 2.18. The van der Waals surface area contributed by atoms with Gasteiger partial charge in [-0.2, -0.15) is 0 Å². The lowest BCUT2D eigenvalue weighted by atomic mass is 10.0. The zero-order valence-electron chi connectivity index (χ0n) is 10.5. The van der Waals surface area contributed by atoms with Crippen LogP contribution in [0.2, 0.25) is 0 Å². The number of hydrogen-bond acceptors (Lipinski definition) is 3. The van der Waals surface area contributed by atoms with Crippen LogP contribution in [0, 0.1) is 0 Å². The maximum Gasteiger partial charge on any atom is 0.408 e. The fourth-order valence-electron chi connectivity index (χ4n) is 1.64. The number of ether oxygens (including phenoxy) is 1. The van der Waals surface area contributed by atoms with Gasteiger partial charge >= 0.3 is 6.09 Å². The maximum atomic E-state index is 11.5. The standard InChI is InChI=1S/C11H20N2O3/c1-10(2,3)16-9(15)12-7-6-11(4,5)13-8(7)14/h7H,6H2,1-5H3,(H,12,15)(H,13,14)/t7-/m0/s1. The molecule has 0 aromatic heterocycles. The number of carbonyl (C=O) groups excluding carboxylic acids is 2. The first kappa shape index (κ1) is 12.8. The lowest BCUT2D eigenvalue weighted by Crippen LogP contribution is -2.42. The Labute approximate surface area is 95.9 Å². The van der Waals surface area contributed by atoms with Gasteiger partial charge in [0.25, 0.3) is 0 Å². The van der Waals surface area contributed by atoms with Gasteiger partial charge in [-0.25, -0.2) is 4.79 Å². The summed E-state index contributed by atoms with van der Waals surface area (Å²) in [5.41, 5.74) is -0.814. The van der Waals surface area contributed by atoms with Gasteiger partial charge in [0.2, 0.25) is 5.91 Å². The van der Waals surface area contributed by atoms with Gasteiger partial charge in [0.05, 0.1) is 0 Å². The number of hydrogen-bond donors (Lipinski definition) is 2. The highest BCUT2D eigenvalue weighted by atomic mass is 16.6. The lowest BCUT2D eigenvalue weighted by molar-refractivity contribution is -0.121. The van der Waals surface area contributed by atoms with Gasteiger partial charge in [0.1, 0.15) is 11.6 Å². The molecule has 5 nitrogen and oxygen atoms in total. The van der Waals surface area contributed by atoms with Crippen molar-refractivity contribution in [3.8, 4) is 0 Å². The molecule has 0 aromatic carbocycles. The molecule has 2 N–H and O–H groups in total. The highest BCUT2D eigenvalue weighted by Crippen LogP contribution is 2.19. The van der Waals surface area contributed by atoms with Crippen LogP contribution in [0.1, 0.15) is 41.0 Å². The average molecular weight is 228 g/mol. The quantitative estimate of drug-likeness (QED) is 0.708. The minimum atomic E-state index is -0.551. The Bertz CT molecular complexity index is 305. The second kappa shape index (κ2) is 3.96. The first-order valence-corrected chi connectivity index (χ1v) is 5.41. The predicted molar refractivity (Wildman–Crippen MR) is 60.0 cm³/mol. The van der Waals surface area contributed by atoms with E-state index >= 15 is 0 Å². The Morgan fingerprint density at radius 3 is 2.44 bits per heavy atom. The second-order valence-electron chi connectivity index (χ2n) is 5.78. The molecule has 2 amide bonds. The van der Waals surface area contributed by atoms with Gasteiger partial charge < -0.3 is 15.4 Å². The van der Waals surface area contributed by atoms with E-state index in [1.54, 1.807) is 20.8 Å². The number of nitrogens with one attached hydrogen (secondary N) is 2. The molecule has 1 saturated heterocycles. The highest BCUT2D eigenvalue weighted by Gasteiger charge is 2.38. The van der Waals surface area contributed by atoms with Crippen LogP contribution < -0.4 is 10.6 Å². The van der Waals surface area contributed by atoms with Crippen molar-refractivity contribution in [1.82, 2.24) is 10.6 Å². The Hall–Kier alpha value is -1.26. The van der Waals surface area contributed by atoms with Crippen molar-refractivity contribution >= 4 is 12.0 Å². The van der Waals surface area contributed by atoms with Crippen molar-refractivity contribution in [2.45, 2.75) is 58.2 Å². The van der Waals surface area contributed by atoms with Crippen molar-refractivity contribution in [2.24, 2.45) is 0 Å². The molecule has 0 unspecified atom stereocenters. The first-order chi connectivity index (χ1) is 7.09. The van der Waals surface area contributed by atoms with Gasteiger partial charge in [-0.3, -0.25) is 4.79 Å². The molecule has 1 atom stereocenters. The largest absolute Gasteiger partial charge is 0.444 e. The molecule has 16 heavy (non-hydrogen) atoms. The van der Waals surface area contributed by atoms with Crippen molar-refractivity contribution in [2.75, 3.05) is 0 Å². The fourth-order valence-corrected chi connectivity index (χ4v) is 1.64. The molecule has 1 aliphatic heterocycles. The van der Waals surface area contributed by atoms with E-state index in [0.29, 0.717) is 6.42 Å². The Morgan fingerprint density at radius 1 is 1.50 bits per heavy atom. The predicted octanol–water partition coefficient (Wildman–Crippen LogP) is 1.18. The number of alkyl carbamates (subject to hydrolysis) is 1. The number of amides is 2. The van der Waals surface area contributed by atoms with Crippen LogP contribution in [0.3, 0.4) is 0 Å². The Balaban J connectivity index is 2.50. The average Bonchev–Trinajstić information content (AvgIpc) is 2.19. The zero-order chi connectivity index (χ0) is 12.6. The maximum absolute atomic E-state index is 11.5. The normalized spacial score (nSPS) is 23.8. The number of carbonyl (C=O) groups is 2. The molecule has 1 aliphatic rings. The van der Waals surface area contributed by atoms with Gasteiger partial charge in [0, 0.05) is 5.54 Å².